The number of furan rings is 1. The van der Waals surface area contributed by atoms with E-state index in [-0.39, 0.29) is 12.1 Å². The first kappa shape index (κ1) is 20.2. The van der Waals surface area contributed by atoms with Gasteiger partial charge in [-0.15, -0.1) is 0 Å². The Kier molecular flexibility index (Phi) is 6.89. The minimum absolute atomic E-state index is 0.0147. The molecule has 1 fully saturated rings. The van der Waals surface area contributed by atoms with Crippen LogP contribution in [0.2, 0.25) is 0 Å². The molecule has 1 aliphatic rings. The Morgan fingerprint density at radius 1 is 1.25 bits per heavy atom. The number of nitrogens with zero attached hydrogens (tertiary/aromatic N) is 3. The molecule has 1 atom stereocenters. The fourth-order valence-electron chi connectivity index (χ4n) is 3.33. The van der Waals surface area contributed by atoms with Crippen molar-refractivity contribution < 1.29 is 13.9 Å². The Bertz CT molecular complexity index is 771. The Morgan fingerprint density at radius 3 is 2.71 bits per heavy atom. The second-order valence-corrected chi connectivity index (χ2v) is 7.06. The van der Waals surface area contributed by atoms with Crippen molar-refractivity contribution in [3.63, 3.8) is 0 Å². The number of rotatable bonds is 7. The first-order chi connectivity index (χ1) is 13.5. The molecule has 0 aliphatic carbocycles. The lowest BCUT2D eigenvalue weighted by Gasteiger charge is -2.33. The van der Waals surface area contributed by atoms with E-state index < -0.39 is 0 Å². The zero-order valence-corrected chi connectivity index (χ0v) is 16.8. The van der Waals surface area contributed by atoms with E-state index >= 15 is 0 Å². The lowest BCUT2D eigenvalue weighted by molar-refractivity contribution is 0.0121. The summed E-state index contributed by atoms with van der Waals surface area (Å²) in [5.41, 5.74) is 0.967. The first-order valence-electron chi connectivity index (χ1n) is 9.55. The summed E-state index contributed by atoms with van der Waals surface area (Å²) in [4.78, 5) is 21.0. The third-order valence-electron chi connectivity index (χ3n) is 4.76. The van der Waals surface area contributed by atoms with Crippen LogP contribution < -0.4 is 15.5 Å². The smallest absolute Gasteiger partial charge is 0.315 e. The summed E-state index contributed by atoms with van der Waals surface area (Å²) >= 11 is 0. The standard InChI is InChI=1S/C20H29N5O3/c1-15-6-7-18(28-15)17(25-9-11-27-12-10-25)14-23-20(26)22-13-16-5-4-8-21-19(16)24(2)3/h4-8,17H,9-14H2,1-3H3,(H2,22,23,26). The molecule has 3 heterocycles. The number of hydrogen-bond acceptors (Lipinski definition) is 6. The summed E-state index contributed by atoms with van der Waals surface area (Å²) in [7, 11) is 3.87. The maximum atomic E-state index is 12.4. The van der Waals surface area contributed by atoms with Crippen LogP contribution in [0.25, 0.3) is 0 Å². The van der Waals surface area contributed by atoms with Crippen molar-refractivity contribution in [2.45, 2.75) is 19.5 Å². The topological polar surface area (TPSA) is 82.9 Å². The van der Waals surface area contributed by atoms with Gasteiger partial charge in [-0.05, 0) is 25.1 Å². The second kappa shape index (κ2) is 9.57. The summed E-state index contributed by atoms with van der Waals surface area (Å²) in [5, 5.41) is 5.90. The van der Waals surface area contributed by atoms with Crippen LogP contribution in [0, 0.1) is 6.92 Å². The molecule has 1 saturated heterocycles. The van der Waals surface area contributed by atoms with E-state index in [0.717, 1.165) is 36.0 Å². The van der Waals surface area contributed by atoms with Crippen LogP contribution in [-0.2, 0) is 11.3 Å². The number of amides is 2. The van der Waals surface area contributed by atoms with Gasteiger partial charge in [0.1, 0.15) is 17.3 Å². The third-order valence-corrected chi connectivity index (χ3v) is 4.76. The average molecular weight is 387 g/mol. The van der Waals surface area contributed by atoms with Crippen molar-refractivity contribution in [2.24, 2.45) is 0 Å². The summed E-state index contributed by atoms with van der Waals surface area (Å²) in [5.74, 6) is 2.58. The van der Waals surface area contributed by atoms with Gasteiger partial charge >= 0.3 is 6.03 Å². The maximum Gasteiger partial charge on any atom is 0.315 e. The molecular weight excluding hydrogens is 358 g/mol. The van der Waals surface area contributed by atoms with E-state index in [0.29, 0.717) is 26.3 Å². The SMILES string of the molecule is Cc1ccc(C(CNC(=O)NCc2cccnc2N(C)C)N2CCOCC2)o1. The minimum atomic E-state index is -0.213. The Morgan fingerprint density at radius 2 is 2.04 bits per heavy atom. The van der Waals surface area contributed by atoms with Crippen molar-refractivity contribution in [1.29, 1.82) is 0 Å². The van der Waals surface area contributed by atoms with Crippen LogP contribution in [0.3, 0.4) is 0 Å². The second-order valence-electron chi connectivity index (χ2n) is 7.06. The van der Waals surface area contributed by atoms with Gasteiger partial charge in [-0.3, -0.25) is 4.90 Å². The lowest BCUT2D eigenvalue weighted by Crippen LogP contribution is -2.45. The molecule has 0 saturated carbocycles. The molecule has 8 heteroatoms. The van der Waals surface area contributed by atoms with Gasteiger partial charge in [-0.25, -0.2) is 9.78 Å². The number of aromatic nitrogens is 1. The van der Waals surface area contributed by atoms with Gasteiger partial charge in [-0.1, -0.05) is 6.07 Å². The quantitative estimate of drug-likeness (QED) is 0.755. The molecule has 2 aromatic rings. The lowest BCUT2D eigenvalue weighted by atomic mass is 10.1. The highest BCUT2D eigenvalue weighted by Gasteiger charge is 2.25. The van der Waals surface area contributed by atoms with Crippen LogP contribution in [-0.4, -0.2) is 62.9 Å². The molecule has 152 valence electrons. The highest BCUT2D eigenvalue weighted by atomic mass is 16.5. The van der Waals surface area contributed by atoms with Gasteiger partial charge in [0.2, 0.25) is 0 Å². The zero-order chi connectivity index (χ0) is 19.9. The first-order valence-corrected chi connectivity index (χ1v) is 9.55. The van der Waals surface area contributed by atoms with Crippen molar-refractivity contribution in [3.8, 4) is 0 Å². The molecule has 2 aromatic heterocycles. The van der Waals surface area contributed by atoms with E-state index in [4.69, 9.17) is 9.15 Å². The van der Waals surface area contributed by atoms with Crippen LogP contribution >= 0.6 is 0 Å². The highest BCUT2D eigenvalue weighted by Crippen LogP contribution is 2.23. The molecule has 2 amide bonds. The van der Waals surface area contributed by atoms with Crippen molar-refractivity contribution >= 4 is 11.8 Å². The Hall–Kier alpha value is -2.58. The van der Waals surface area contributed by atoms with Gasteiger partial charge in [0, 0.05) is 52.0 Å². The van der Waals surface area contributed by atoms with Crippen molar-refractivity contribution in [3.05, 3.63) is 47.5 Å². The monoisotopic (exact) mass is 387 g/mol. The summed E-state index contributed by atoms with van der Waals surface area (Å²) in [6.07, 6.45) is 1.75. The number of carbonyl (C=O) groups excluding carboxylic acids is 1. The number of pyridine rings is 1. The van der Waals surface area contributed by atoms with E-state index in [1.54, 1.807) is 6.20 Å². The summed E-state index contributed by atoms with van der Waals surface area (Å²) in [6, 6.07) is 7.54. The van der Waals surface area contributed by atoms with E-state index in [9.17, 15) is 4.79 Å². The van der Waals surface area contributed by atoms with Gasteiger partial charge in [-0.2, -0.15) is 0 Å². The van der Waals surface area contributed by atoms with Crippen LogP contribution in [0.1, 0.15) is 23.1 Å². The van der Waals surface area contributed by atoms with Gasteiger partial charge < -0.3 is 24.7 Å². The molecule has 3 rings (SSSR count). The molecular formula is C20H29N5O3. The molecule has 8 nitrogen and oxygen atoms in total. The van der Waals surface area contributed by atoms with E-state index in [1.807, 2.05) is 50.2 Å². The highest BCUT2D eigenvalue weighted by molar-refractivity contribution is 5.74. The van der Waals surface area contributed by atoms with Gasteiger partial charge in [0.05, 0.1) is 19.3 Å². The van der Waals surface area contributed by atoms with Gasteiger partial charge in [0.25, 0.3) is 0 Å². The molecule has 2 N–H and O–H groups in total. The number of urea groups is 1. The molecule has 28 heavy (non-hydrogen) atoms. The third kappa shape index (κ3) is 5.24. The molecule has 0 aromatic carbocycles. The van der Waals surface area contributed by atoms with E-state index in [2.05, 4.69) is 20.5 Å². The molecule has 1 unspecified atom stereocenters. The fraction of sp³-hybridized carbons (Fsp3) is 0.500. The Balaban J connectivity index is 1.58. The Labute approximate surface area is 165 Å². The van der Waals surface area contributed by atoms with Crippen molar-refractivity contribution in [1.82, 2.24) is 20.5 Å². The summed E-state index contributed by atoms with van der Waals surface area (Å²) in [6.45, 7) is 5.82. The predicted molar refractivity (Wildman–Crippen MR) is 107 cm³/mol. The largest absolute Gasteiger partial charge is 0.465 e. The number of morpholine rings is 1. The number of aryl methyl sites for hydroxylation is 1. The van der Waals surface area contributed by atoms with Crippen LogP contribution in [0.4, 0.5) is 10.6 Å². The van der Waals surface area contributed by atoms with Crippen molar-refractivity contribution in [2.75, 3.05) is 51.8 Å². The number of anilines is 1. The van der Waals surface area contributed by atoms with Crippen LogP contribution in [0.5, 0.6) is 0 Å². The molecule has 0 radical (unpaired) electrons. The van der Waals surface area contributed by atoms with Crippen LogP contribution in [0.15, 0.2) is 34.9 Å². The zero-order valence-electron chi connectivity index (χ0n) is 16.8. The molecule has 1 aliphatic heterocycles. The maximum absolute atomic E-state index is 12.4. The van der Waals surface area contributed by atoms with Gasteiger partial charge in [0.15, 0.2) is 0 Å². The fourth-order valence-corrected chi connectivity index (χ4v) is 3.33. The molecule has 0 spiro atoms. The number of nitrogens with one attached hydrogen (secondary N) is 2. The summed E-state index contributed by atoms with van der Waals surface area (Å²) < 4.78 is 11.3. The average Bonchev–Trinajstić information content (AvgIpc) is 3.13. The predicted octanol–water partition coefficient (Wildman–Crippen LogP) is 1.92. The minimum Gasteiger partial charge on any atom is -0.465 e. The number of hydrogen-bond donors (Lipinski definition) is 2. The van der Waals surface area contributed by atoms with E-state index in [1.165, 1.54) is 0 Å². The number of ether oxygens (including phenoxy) is 1. The number of carbonyl (C=O) groups is 1. The molecule has 0 bridgehead atoms. The normalized spacial score (nSPS) is 15.8.